The van der Waals surface area contributed by atoms with E-state index in [1.54, 1.807) is 12.3 Å². The van der Waals surface area contributed by atoms with Crippen LogP contribution in [0.3, 0.4) is 0 Å². The molecule has 1 unspecified atom stereocenters. The Hall–Kier alpha value is -1.93. The van der Waals surface area contributed by atoms with Crippen LogP contribution in [0.15, 0.2) is 44.6 Å². The molecule has 21 heavy (non-hydrogen) atoms. The van der Waals surface area contributed by atoms with Crippen molar-refractivity contribution < 1.29 is 9.21 Å². The van der Waals surface area contributed by atoms with Gasteiger partial charge in [0, 0.05) is 6.42 Å². The highest BCUT2D eigenvalue weighted by Gasteiger charge is 2.40. The molecule has 4 nitrogen and oxygen atoms in total. The van der Waals surface area contributed by atoms with Crippen molar-refractivity contribution in [3.05, 3.63) is 45.9 Å². The highest BCUT2D eigenvalue weighted by Crippen LogP contribution is 2.53. The average Bonchev–Trinajstić information content (AvgIpc) is 2.89. The number of carbonyl (C=O) groups excluding carboxylic acids is 1. The molecule has 0 fully saturated rings. The van der Waals surface area contributed by atoms with E-state index in [2.05, 4.69) is 19.9 Å². The van der Waals surface area contributed by atoms with Gasteiger partial charge in [-0.2, -0.15) is 5.26 Å². The summed E-state index contributed by atoms with van der Waals surface area (Å²) in [5, 5.41) is 9.17. The molecule has 0 saturated heterocycles. The minimum Gasteiger partial charge on any atom is -0.468 e. The molecule has 0 amide bonds. The molecule has 0 aromatic carbocycles. The second kappa shape index (κ2) is 4.81. The van der Waals surface area contributed by atoms with Gasteiger partial charge in [0.2, 0.25) is 0 Å². The number of Topliss-reactive ketones (excluding diaryl/α,β-unsaturated/α-hetero) is 1. The monoisotopic (exact) mass is 300 g/mol. The molecule has 1 aromatic rings. The van der Waals surface area contributed by atoms with E-state index >= 15 is 0 Å². The summed E-state index contributed by atoms with van der Waals surface area (Å²) in [5.41, 5.74) is 7.37. The summed E-state index contributed by atoms with van der Waals surface area (Å²) >= 11 is 1.52. The molecule has 0 saturated carbocycles. The number of rotatable bonds is 1. The number of allylic oxidation sites excluding steroid dienone is 2. The second-order valence-electron chi connectivity index (χ2n) is 6.19. The van der Waals surface area contributed by atoms with E-state index in [9.17, 15) is 10.1 Å². The number of hydrogen-bond donors (Lipinski definition) is 1. The lowest BCUT2D eigenvalue weighted by Gasteiger charge is -2.35. The summed E-state index contributed by atoms with van der Waals surface area (Å²) in [5.74, 6) is 0.735. The molecule has 1 aliphatic carbocycles. The van der Waals surface area contributed by atoms with Crippen molar-refractivity contribution in [3.63, 3.8) is 0 Å². The smallest absolute Gasteiger partial charge is 0.166 e. The lowest BCUT2D eigenvalue weighted by molar-refractivity contribution is -0.117. The molecule has 1 aliphatic heterocycles. The minimum atomic E-state index is -0.259. The van der Waals surface area contributed by atoms with Crippen molar-refractivity contribution in [1.82, 2.24) is 0 Å². The van der Waals surface area contributed by atoms with Crippen LogP contribution in [-0.4, -0.2) is 5.78 Å². The molecular formula is C16H16N2O2S. The number of nitrogens with zero attached hydrogens (tertiary/aromatic N) is 1. The third-order valence-electron chi connectivity index (χ3n) is 3.84. The number of ketones is 1. The van der Waals surface area contributed by atoms with Crippen LogP contribution in [0.1, 0.15) is 37.7 Å². The maximum absolute atomic E-state index is 12.4. The Morgan fingerprint density at radius 3 is 2.86 bits per heavy atom. The van der Waals surface area contributed by atoms with Gasteiger partial charge in [-0.25, -0.2) is 0 Å². The fraction of sp³-hybridized carbons (Fsp3) is 0.375. The predicted molar refractivity (Wildman–Crippen MR) is 80.9 cm³/mol. The maximum atomic E-state index is 12.4. The quantitative estimate of drug-likeness (QED) is 0.859. The van der Waals surface area contributed by atoms with Gasteiger partial charge in [-0.3, -0.25) is 4.79 Å². The van der Waals surface area contributed by atoms with Crippen molar-refractivity contribution in [2.24, 2.45) is 11.1 Å². The molecule has 0 radical (unpaired) electrons. The van der Waals surface area contributed by atoms with E-state index in [1.165, 1.54) is 11.8 Å². The molecule has 1 aromatic heterocycles. The zero-order valence-electron chi connectivity index (χ0n) is 12.0. The summed E-state index contributed by atoms with van der Waals surface area (Å²) < 4.78 is 5.44. The molecule has 108 valence electrons. The van der Waals surface area contributed by atoms with E-state index < -0.39 is 0 Å². The Balaban J connectivity index is 2.11. The lowest BCUT2D eigenvalue weighted by Crippen LogP contribution is -2.30. The molecule has 0 spiro atoms. The normalized spacial score (nSPS) is 24.8. The standard InChI is InChI=1S/C16H16N2O2S/c1-16(2)6-10(19)13-12(7-16)21-15(9(8-17)14(13)18)11-4-3-5-20-11/h3-5,15H,6-7,18H2,1-2H3. The van der Waals surface area contributed by atoms with Crippen LogP contribution in [0.4, 0.5) is 0 Å². The molecule has 5 heteroatoms. The first-order valence-corrected chi connectivity index (χ1v) is 7.67. The molecule has 2 heterocycles. The SMILES string of the molecule is CC1(C)CC(=O)C2=C(C1)SC(c1ccco1)C(C#N)=C2N. The van der Waals surface area contributed by atoms with E-state index in [0.717, 1.165) is 11.3 Å². The van der Waals surface area contributed by atoms with Crippen LogP contribution in [0, 0.1) is 16.7 Å². The van der Waals surface area contributed by atoms with Crippen LogP contribution < -0.4 is 5.73 Å². The highest BCUT2D eigenvalue weighted by molar-refractivity contribution is 8.03. The van der Waals surface area contributed by atoms with Gasteiger partial charge in [0.25, 0.3) is 0 Å². The van der Waals surface area contributed by atoms with Gasteiger partial charge in [-0.05, 0) is 28.9 Å². The van der Waals surface area contributed by atoms with E-state index in [0.29, 0.717) is 29.0 Å². The molecular weight excluding hydrogens is 284 g/mol. The molecule has 2 aliphatic rings. The summed E-state index contributed by atoms with van der Waals surface area (Å²) in [4.78, 5) is 13.4. The number of nitriles is 1. The number of thioether (sulfide) groups is 1. The first-order valence-electron chi connectivity index (χ1n) is 6.79. The largest absolute Gasteiger partial charge is 0.468 e. The molecule has 3 rings (SSSR count). The third-order valence-corrected chi connectivity index (χ3v) is 5.18. The highest BCUT2D eigenvalue weighted by atomic mass is 32.2. The van der Waals surface area contributed by atoms with Gasteiger partial charge in [-0.1, -0.05) is 13.8 Å². The van der Waals surface area contributed by atoms with Crippen molar-refractivity contribution in [2.45, 2.75) is 31.9 Å². The minimum absolute atomic E-state index is 0.0388. The third kappa shape index (κ3) is 2.30. The van der Waals surface area contributed by atoms with Crippen molar-refractivity contribution in [2.75, 3.05) is 0 Å². The second-order valence-corrected chi connectivity index (χ2v) is 7.39. The predicted octanol–water partition coefficient (Wildman–Crippen LogP) is 3.45. The van der Waals surface area contributed by atoms with Gasteiger partial charge in [0.05, 0.1) is 29.2 Å². The van der Waals surface area contributed by atoms with Crippen molar-refractivity contribution >= 4 is 17.5 Å². The Kier molecular flexibility index (Phi) is 3.22. The Bertz CT molecular complexity index is 705. The Morgan fingerprint density at radius 1 is 1.48 bits per heavy atom. The van der Waals surface area contributed by atoms with Gasteiger partial charge < -0.3 is 10.2 Å². The van der Waals surface area contributed by atoms with Crippen LogP contribution in [0.2, 0.25) is 0 Å². The fourth-order valence-electron chi connectivity index (χ4n) is 2.90. The van der Waals surface area contributed by atoms with E-state index in [1.807, 2.05) is 6.07 Å². The maximum Gasteiger partial charge on any atom is 0.166 e. The van der Waals surface area contributed by atoms with Gasteiger partial charge >= 0.3 is 0 Å². The molecule has 1 atom stereocenters. The number of carbonyl (C=O) groups is 1. The zero-order valence-corrected chi connectivity index (χ0v) is 12.8. The van der Waals surface area contributed by atoms with Crippen molar-refractivity contribution in [3.8, 4) is 6.07 Å². The van der Waals surface area contributed by atoms with Crippen LogP contribution in [0.25, 0.3) is 0 Å². The summed E-state index contributed by atoms with van der Waals surface area (Å²) in [7, 11) is 0. The van der Waals surface area contributed by atoms with Gasteiger partial charge in [0.15, 0.2) is 5.78 Å². The fourth-order valence-corrected chi connectivity index (χ4v) is 4.55. The number of hydrogen-bond acceptors (Lipinski definition) is 5. The number of furan rings is 1. The zero-order chi connectivity index (χ0) is 15.2. The molecule has 0 bridgehead atoms. The summed E-state index contributed by atoms with van der Waals surface area (Å²) in [6.45, 7) is 4.16. The average molecular weight is 300 g/mol. The van der Waals surface area contributed by atoms with Gasteiger partial charge in [-0.15, -0.1) is 11.8 Å². The first-order chi connectivity index (χ1) is 9.93. The summed E-state index contributed by atoms with van der Waals surface area (Å²) in [6, 6.07) is 5.78. The lowest BCUT2D eigenvalue weighted by atomic mass is 9.76. The Morgan fingerprint density at radius 2 is 2.24 bits per heavy atom. The summed E-state index contributed by atoms with van der Waals surface area (Å²) in [6.07, 6.45) is 2.85. The number of nitrogens with two attached hydrogens (primary N) is 1. The van der Waals surface area contributed by atoms with Crippen LogP contribution in [0.5, 0.6) is 0 Å². The van der Waals surface area contributed by atoms with Gasteiger partial charge in [0.1, 0.15) is 11.0 Å². The molecule has 2 N–H and O–H groups in total. The topological polar surface area (TPSA) is 80.0 Å². The van der Waals surface area contributed by atoms with Crippen molar-refractivity contribution in [1.29, 1.82) is 5.26 Å². The van der Waals surface area contributed by atoms with E-state index in [-0.39, 0.29) is 16.4 Å². The van der Waals surface area contributed by atoms with Crippen LogP contribution >= 0.6 is 11.8 Å². The van der Waals surface area contributed by atoms with E-state index in [4.69, 9.17) is 10.2 Å². The van der Waals surface area contributed by atoms with Crippen LogP contribution in [-0.2, 0) is 4.79 Å². The Labute approximate surface area is 127 Å². The first kappa shape index (κ1) is 14.0.